The average Bonchev–Trinajstić information content (AvgIpc) is 2.47. The van der Waals surface area contributed by atoms with E-state index in [1.54, 1.807) is 6.07 Å². The number of methoxy groups -OCH3 is 1. The molecule has 0 saturated carbocycles. The van der Waals surface area contributed by atoms with E-state index >= 15 is 0 Å². The van der Waals surface area contributed by atoms with Crippen molar-refractivity contribution < 1.29 is 18.8 Å². The third kappa shape index (κ3) is 3.69. The molecule has 0 unspecified atom stereocenters. The molecule has 0 amide bonds. The van der Waals surface area contributed by atoms with Crippen LogP contribution >= 0.6 is 15.9 Å². The van der Waals surface area contributed by atoms with Crippen LogP contribution in [0.3, 0.4) is 0 Å². The summed E-state index contributed by atoms with van der Waals surface area (Å²) in [4.78, 5) is 10.4. The largest absolute Gasteiger partial charge is 0.490 e. The molecule has 2 rings (SSSR count). The van der Waals surface area contributed by atoms with E-state index in [-0.39, 0.29) is 18.0 Å². The number of nitro benzene ring substituents is 1. The minimum Gasteiger partial charge on any atom is -0.490 e. The highest BCUT2D eigenvalue weighted by molar-refractivity contribution is 9.10. The molecule has 0 aliphatic rings. The van der Waals surface area contributed by atoms with E-state index < -0.39 is 10.7 Å². The van der Waals surface area contributed by atoms with Crippen LogP contribution < -0.4 is 9.47 Å². The summed E-state index contributed by atoms with van der Waals surface area (Å²) < 4.78 is 24.1. The SMILES string of the molecule is COc1ccc(COc2cc(F)ccc2Br)cc1[N+](=O)[O-]. The molecule has 0 saturated heterocycles. The highest BCUT2D eigenvalue weighted by Gasteiger charge is 2.15. The molecule has 0 aliphatic carbocycles. The Bertz CT molecular complexity index is 678. The number of ether oxygens (including phenoxy) is 2. The molecule has 0 aliphatic heterocycles. The molecule has 0 atom stereocenters. The van der Waals surface area contributed by atoms with Gasteiger partial charge in [0.25, 0.3) is 0 Å². The summed E-state index contributed by atoms with van der Waals surface area (Å²) in [5, 5.41) is 10.9. The Kier molecular flexibility index (Phi) is 4.74. The number of halogens is 2. The highest BCUT2D eigenvalue weighted by Crippen LogP contribution is 2.29. The van der Waals surface area contributed by atoms with Crippen molar-refractivity contribution in [1.82, 2.24) is 0 Å². The van der Waals surface area contributed by atoms with Crippen molar-refractivity contribution in [3.8, 4) is 11.5 Å². The van der Waals surface area contributed by atoms with Crippen LogP contribution in [0, 0.1) is 15.9 Å². The number of rotatable bonds is 5. The van der Waals surface area contributed by atoms with Crippen LogP contribution in [0.2, 0.25) is 0 Å². The molecule has 2 aromatic carbocycles. The Morgan fingerprint density at radius 2 is 2.00 bits per heavy atom. The van der Waals surface area contributed by atoms with Gasteiger partial charge >= 0.3 is 5.69 Å². The first-order valence-corrected chi connectivity index (χ1v) is 6.69. The molecule has 0 N–H and O–H groups in total. The van der Waals surface area contributed by atoms with Crippen LogP contribution in [0.5, 0.6) is 11.5 Å². The Morgan fingerprint density at radius 3 is 2.67 bits per heavy atom. The Hall–Kier alpha value is -2.15. The van der Waals surface area contributed by atoms with Crippen LogP contribution in [-0.4, -0.2) is 12.0 Å². The van der Waals surface area contributed by atoms with Crippen molar-refractivity contribution >= 4 is 21.6 Å². The minimum absolute atomic E-state index is 0.0763. The van der Waals surface area contributed by atoms with E-state index in [1.165, 1.54) is 37.4 Å². The standard InChI is InChI=1S/C14H11BrFNO4/c1-20-13-5-2-9(6-12(13)17(18)19)8-21-14-7-10(16)3-4-11(14)15/h2-7H,8H2,1H3. The first-order chi connectivity index (χ1) is 10.0. The zero-order valence-electron chi connectivity index (χ0n) is 11.0. The van der Waals surface area contributed by atoms with Crippen molar-refractivity contribution in [2.75, 3.05) is 7.11 Å². The number of hydrogen-bond acceptors (Lipinski definition) is 4. The summed E-state index contributed by atoms with van der Waals surface area (Å²) >= 11 is 3.24. The summed E-state index contributed by atoms with van der Waals surface area (Å²) in [5.74, 6) is 0.0815. The Labute approximate surface area is 128 Å². The molecule has 5 nitrogen and oxygen atoms in total. The summed E-state index contributed by atoms with van der Waals surface area (Å²) in [5.41, 5.74) is 0.440. The Morgan fingerprint density at radius 1 is 1.24 bits per heavy atom. The van der Waals surface area contributed by atoms with E-state index in [9.17, 15) is 14.5 Å². The molecule has 2 aromatic rings. The van der Waals surface area contributed by atoms with Crippen LogP contribution in [0.15, 0.2) is 40.9 Å². The number of hydrogen-bond donors (Lipinski definition) is 0. The fourth-order valence-electron chi connectivity index (χ4n) is 1.72. The van der Waals surface area contributed by atoms with E-state index in [4.69, 9.17) is 9.47 Å². The lowest BCUT2D eigenvalue weighted by Crippen LogP contribution is -1.99. The molecule has 0 bridgehead atoms. The highest BCUT2D eigenvalue weighted by atomic mass is 79.9. The van der Waals surface area contributed by atoms with Crippen LogP contribution in [-0.2, 0) is 6.61 Å². The van der Waals surface area contributed by atoms with E-state index in [0.717, 1.165) is 0 Å². The number of benzene rings is 2. The van der Waals surface area contributed by atoms with Crippen molar-refractivity contribution in [3.05, 3.63) is 62.4 Å². The van der Waals surface area contributed by atoms with Crippen molar-refractivity contribution in [2.45, 2.75) is 6.61 Å². The maximum Gasteiger partial charge on any atom is 0.311 e. The predicted molar refractivity (Wildman–Crippen MR) is 78.1 cm³/mol. The number of nitrogens with zero attached hydrogens (tertiary/aromatic N) is 1. The molecular formula is C14H11BrFNO4. The van der Waals surface area contributed by atoms with E-state index in [0.29, 0.717) is 15.8 Å². The summed E-state index contributed by atoms with van der Waals surface area (Å²) in [6.07, 6.45) is 0. The van der Waals surface area contributed by atoms with Gasteiger partial charge in [0.05, 0.1) is 16.5 Å². The lowest BCUT2D eigenvalue weighted by molar-refractivity contribution is -0.385. The van der Waals surface area contributed by atoms with Gasteiger partial charge in [0, 0.05) is 12.1 Å². The summed E-state index contributed by atoms with van der Waals surface area (Å²) in [6.45, 7) is 0.0763. The minimum atomic E-state index is -0.527. The van der Waals surface area contributed by atoms with Crippen molar-refractivity contribution in [1.29, 1.82) is 0 Å². The smallest absolute Gasteiger partial charge is 0.311 e. The van der Waals surface area contributed by atoms with E-state index in [2.05, 4.69) is 15.9 Å². The topological polar surface area (TPSA) is 61.6 Å². The molecule has 0 aromatic heterocycles. The molecule has 7 heteroatoms. The van der Waals surface area contributed by atoms with Gasteiger partial charge in [-0.25, -0.2) is 4.39 Å². The van der Waals surface area contributed by atoms with Gasteiger partial charge in [-0.1, -0.05) is 6.07 Å². The average molecular weight is 356 g/mol. The maximum absolute atomic E-state index is 13.1. The fraction of sp³-hybridized carbons (Fsp3) is 0.143. The molecule has 110 valence electrons. The second-order valence-electron chi connectivity index (χ2n) is 4.13. The molecule has 0 heterocycles. The van der Waals surface area contributed by atoms with Gasteiger partial charge in [0.1, 0.15) is 18.2 Å². The van der Waals surface area contributed by atoms with Gasteiger partial charge in [-0.05, 0) is 39.7 Å². The summed E-state index contributed by atoms with van der Waals surface area (Å²) in [6, 6.07) is 8.58. The lowest BCUT2D eigenvalue weighted by Gasteiger charge is -2.09. The predicted octanol–water partition coefficient (Wildman–Crippen LogP) is 4.08. The van der Waals surface area contributed by atoms with Gasteiger partial charge in [-0.2, -0.15) is 0 Å². The summed E-state index contributed by atoms with van der Waals surface area (Å²) in [7, 11) is 1.36. The third-order valence-electron chi connectivity index (χ3n) is 2.73. The first kappa shape index (κ1) is 15.2. The first-order valence-electron chi connectivity index (χ1n) is 5.90. The lowest BCUT2D eigenvalue weighted by atomic mass is 10.2. The van der Waals surface area contributed by atoms with Gasteiger partial charge in [-0.15, -0.1) is 0 Å². The quantitative estimate of drug-likeness (QED) is 0.598. The van der Waals surface area contributed by atoms with E-state index in [1.807, 2.05) is 0 Å². The van der Waals surface area contributed by atoms with Gasteiger partial charge < -0.3 is 9.47 Å². The Balaban J connectivity index is 2.18. The second-order valence-corrected chi connectivity index (χ2v) is 4.98. The molecular weight excluding hydrogens is 345 g/mol. The molecule has 0 spiro atoms. The van der Waals surface area contributed by atoms with Crippen molar-refractivity contribution in [2.24, 2.45) is 0 Å². The normalized spacial score (nSPS) is 10.2. The maximum atomic E-state index is 13.1. The monoisotopic (exact) mass is 355 g/mol. The van der Waals surface area contributed by atoms with Crippen molar-refractivity contribution in [3.63, 3.8) is 0 Å². The van der Waals surface area contributed by atoms with Gasteiger partial charge in [-0.3, -0.25) is 10.1 Å². The van der Waals surface area contributed by atoms with Crippen LogP contribution in [0.4, 0.5) is 10.1 Å². The fourth-order valence-corrected chi connectivity index (χ4v) is 2.08. The molecule has 0 radical (unpaired) electrons. The van der Waals surface area contributed by atoms with Crippen LogP contribution in [0.1, 0.15) is 5.56 Å². The zero-order chi connectivity index (χ0) is 15.4. The third-order valence-corrected chi connectivity index (χ3v) is 3.38. The second kappa shape index (κ2) is 6.53. The zero-order valence-corrected chi connectivity index (χ0v) is 12.6. The van der Waals surface area contributed by atoms with Gasteiger partial charge in [0.15, 0.2) is 5.75 Å². The number of nitro groups is 1. The van der Waals surface area contributed by atoms with Gasteiger partial charge in [0.2, 0.25) is 0 Å². The molecule has 0 fully saturated rings. The van der Waals surface area contributed by atoms with Crippen LogP contribution in [0.25, 0.3) is 0 Å². The molecule has 21 heavy (non-hydrogen) atoms.